The molecule has 0 atom stereocenters. The molecular weight excluding hydrogens is 244 g/mol. The van der Waals surface area contributed by atoms with Crippen LogP contribution in [0.1, 0.15) is 18.4 Å². The molecule has 1 aromatic carbocycles. The average molecular weight is 259 g/mol. The minimum atomic E-state index is 0.0477. The van der Waals surface area contributed by atoms with Gasteiger partial charge in [0.25, 0.3) is 0 Å². The number of aliphatic hydroxyl groups excluding tert-OH is 1. The molecule has 0 amide bonds. The first kappa shape index (κ1) is 12.2. The molecule has 1 N–H and O–H groups in total. The molecule has 0 unspecified atom stereocenters. The van der Waals surface area contributed by atoms with Gasteiger partial charge in [-0.15, -0.1) is 11.8 Å². The summed E-state index contributed by atoms with van der Waals surface area (Å²) in [6.07, 6.45) is 2.11. The molecular formula is C12H15ClO2S. The molecule has 1 aromatic rings. The van der Waals surface area contributed by atoms with Crippen LogP contribution in [-0.4, -0.2) is 23.6 Å². The first-order chi connectivity index (χ1) is 7.81. The second-order valence-corrected chi connectivity index (χ2v) is 5.53. The highest BCUT2D eigenvalue weighted by molar-refractivity contribution is 8.00. The van der Waals surface area contributed by atoms with Crippen molar-refractivity contribution in [1.29, 1.82) is 0 Å². The van der Waals surface area contributed by atoms with Gasteiger partial charge in [0.2, 0.25) is 0 Å². The minimum Gasteiger partial charge on any atom is -0.392 e. The van der Waals surface area contributed by atoms with Crippen molar-refractivity contribution in [2.45, 2.75) is 29.6 Å². The molecule has 1 aliphatic rings. The van der Waals surface area contributed by atoms with Crippen LogP contribution < -0.4 is 0 Å². The van der Waals surface area contributed by atoms with Crippen LogP contribution in [0.2, 0.25) is 5.02 Å². The summed E-state index contributed by atoms with van der Waals surface area (Å²) >= 11 is 7.93. The summed E-state index contributed by atoms with van der Waals surface area (Å²) in [5.74, 6) is 0. The van der Waals surface area contributed by atoms with Crippen LogP contribution in [0.5, 0.6) is 0 Å². The number of rotatable bonds is 3. The van der Waals surface area contributed by atoms with Gasteiger partial charge in [0.1, 0.15) is 0 Å². The summed E-state index contributed by atoms with van der Waals surface area (Å²) in [7, 11) is 0. The van der Waals surface area contributed by atoms with Crippen LogP contribution in [-0.2, 0) is 11.3 Å². The predicted octanol–water partition coefficient (Wildman–Crippen LogP) is 3.10. The van der Waals surface area contributed by atoms with E-state index < -0.39 is 0 Å². The Bertz CT molecular complexity index is 351. The average Bonchev–Trinajstić information content (AvgIpc) is 2.33. The number of aliphatic hydroxyl groups is 1. The zero-order valence-electron chi connectivity index (χ0n) is 8.99. The predicted molar refractivity (Wildman–Crippen MR) is 67.1 cm³/mol. The molecule has 0 aromatic heterocycles. The standard InChI is InChI=1S/C12H15ClO2S/c13-11-3-1-2-9(8-14)12(11)16-10-4-6-15-7-5-10/h1-3,10,14H,4-8H2. The molecule has 1 aliphatic heterocycles. The lowest BCUT2D eigenvalue weighted by atomic mass is 10.2. The first-order valence-corrected chi connectivity index (χ1v) is 6.69. The molecule has 1 fully saturated rings. The van der Waals surface area contributed by atoms with E-state index >= 15 is 0 Å². The van der Waals surface area contributed by atoms with Crippen molar-refractivity contribution >= 4 is 23.4 Å². The molecule has 1 heterocycles. The normalized spacial score (nSPS) is 17.6. The lowest BCUT2D eigenvalue weighted by Crippen LogP contribution is -2.17. The molecule has 1 saturated heterocycles. The van der Waals surface area contributed by atoms with E-state index in [1.165, 1.54) is 0 Å². The Kier molecular flexibility index (Phi) is 4.53. The Balaban J connectivity index is 2.12. The molecule has 88 valence electrons. The van der Waals surface area contributed by atoms with Crippen molar-refractivity contribution in [3.05, 3.63) is 28.8 Å². The van der Waals surface area contributed by atoms with Gasteiger partial charge in [-0.05, 0) is 24.5 Å². The third-order valence-electron chi connectivity index (χ3n) is 2.67. The van der Waals surface area contributed by atoms with Gasteiger partial charge < -0.3 is 9.84 Å². The molecule has 0 spiro atoms. The van der Waals surface area contributed by atoms with Gasteiger partial charge in [0.05, 0.1) is 11.6 Å². The molecule has 0 bridgehead atoms. The summed E-state index contributed by atoms with van der Waals surface area (Å²) < 4.78 is 5.33. The minimum absolute atomic E-state index is 0.0477. The van der Waals surface area contributed by atoms with Gasteiger partial charge in [-0.3, -0.25) is 0 Å². The maximum absolute atomic E-state index is 9.28. The van der Waals surface area contributed by atoms with Crippen molar-refractivity contribution in [3.63, 3.8) is 0 Å². The van der Waals surface area contributed by atoms with Crippen LogP contribution >= 0.6 is 23.4 Å². The zero-order chi connectivity index (χ0) is 11.4. The monoisotopic (exact) mass is 258 g/mol. The smallest absolute Gasteiger partial charge is 0.0693 e. The van der Waals surface area contributed by atoms with E-state index in [0.717, 1.165) is 41.5 Å². The fraction of sp³-hybridized carbons (Fsp3) is 0.500. The van der Waals surface area contributed by atoms with E-state index in [9.17, 15) is 5.11 Å². The quantitative estimate of drug-likeness (QED) is 0.904. The lowest BCUT2D eigenvalue weighted by molar-refractivity contribution is 0.1000. The number of hydrogen-bond acceptors (Lipinski definition) is 3. The van der Waals surface area contributed by atoms with Gasteiger partial charge in [-0.2, -0.15) is 0 Å². The summed E-state index contributed by atoms with van der Waals surface area (Å²) in [5.41, 5.74) is 0.920. The highest BCUT2D eigenvalue weighted by Gasteiger charge is 2.18. The second-order valence-electron chi connectivity index (χ2n) is 3.82. The van der Waals surface area contributed by atoms with Crippen molar-refractivity contribution in [3.8, 4) is 0 Å². The zero-order valence-corrected chi connectivity index (χ0v) is 10.6. The fourth-order valence-electron chi connectivity index (χ4n) is 1.77. The molecule has 0 aliphatic carbocycles. The van der Waals surface area contributed by atoms with Crippen LogP contribution in [0.15, 0.2) is 23.1 Å². The number of ether oxygens (including phenoxy) is 1. The third kappa shape index (κ3) is 2.92. The first-order valence-electron chi connectivity index (χ1n) is 5.44. The molecule has 2 rings (SSSR count). The molecule has 0 saturated carbocycles. The fourth-order valence-corrected chi connectivity index (χ4v) is 3.32. The van der Waals surface area contributed by atoms with Crippen molar-refractivity contribution in [1.82, 2.24) is 0 Å². The maximum atomic E-state index is 9.28. The van der Waals surface area contributed by atoms with Gasteiger partial charge in [-0.1, -0.05) is 23.7 Å². The van der Waals surface area contributed by atoms with E-state index in [1.807, 2.05) is 18.2 Å². The van der Waals surface area contributed by atoms with Crippen LogP contribution in [0, 0.1) is 0 Å². The number of halogens is 1. The summed E-state index contributed by atoms with van der Waals surface area (Å²) in [6, 6.07) is 5.68. The second kappa shape index (κ2) is 5.92. The summed E-state index contributed by atoms with van der Waals surface area (Å²) in [6.45, 7) is 1.71. The Morgan fingerprint density at radius 2 is 2.12 bits per heavy atom. The maximum Gasteiger partial charge on any atom is 0.0693 e. The highest BCUT2D eigenvalue weighted by atomic mass is 35.5. The van der Waals surface area contributed by atoms with Crippen LogP contribution in [0.4, 0.5) is 0 Å². The van der Waals surface area contributed by atoms with E-state index in [1.54, 1.807) is 11.8 Å². The van der Waals surface area contributed by atoms with Crippen molar-refractivity contribution in [2.24, 2.45) is 0 Å². The number of benzene rings is 1. The number of thioether (sulfide) groups is 1. The Hall–Kier alpha value is -0.220. The van der Waals surface area contributed by atoms with Crippen LogP contribution in [0.3, 0.4) is 0 Å². The van der Waals surface area contributed by atoms with Gasteiger partial charge in [-0.25, -0.2) is 0 Å². The van der Waals surface area contributed by atoms with Gasteiger partial charge in [0, 0.05) is 23.4 Å². The Labute approximate surface area is 105 Å². The highest BCUT2D eigenvalue weighted by Crippen LogP contribution is 2.36. The van der Waals surface area contributed by atoms with E-state index in [-0.39, 0.29) is 6.61 Å². The summed E-state index contributed by atoms with van der Waals surface area (Å²) in [5, 5.41) is 10.6. The third-order valence-corrected chi connectivity index (χ3v) is 4.62. The van der Waals surface area contributed by atoms with E-state index in [0.29, 0.717) is 5.25 Å². The molecule has 0 radical (unpaired) electrons. The van der Waals surface area contributed by atoms with E-state index in [4.69, 9.17) is 16.3 Å². The molecule has 2 nitrogen and oxygen atoms in total. The SMILES string of the molecule is OCc1cccc(Cl)c1SC1CCOCC1. The van der Waals surface area contributed by atoms with E-state index in [2.05, 4.69) is 0 Å². The Morgan fingerprint density at radius 3 is 2.81 bits per heavy atom. The number of hydrogen-bond donors (Lipinski definition) is 1. The summed E-state index contributed by atoms with van der Waals surface area (Å²) in [4.78, 5) is 1.03. The molecule has 4 heteroatoms. The topological polar surface area (TPSA) is 29.5 Å². The van der Waals surface area contributed by atoms with Gasteiger partial charge in [0.15, 0.2) is 0 Å². The molecule has 16 heavy (non-hydrogen) atoms. The van der Waals surface area contributed by atoms with Crippen molar-refractivity contribution < 1.29 is 9.84 Å². The van der Waals surface area contributed by atoms with Crippen molar-refractivity contribution in [2.75, 3.05) is 13.2 Å². The lowest BCUT2D eigenvalue weighted by Gasteiger charge is -2.22. The largest absolute Gasteiger partial charge is 0.392 e. The van der Waals surface area contributed by atoms with Crippen LogP contribution in [0.25, 0.3) is 0 Å². The van der Waals surface area contributed by atoms with Gasteiger partial charge >= 0.3 is 0 Å². The Morgan fingerprint density at radius 1 is 1.38 bits per heavy atom.